The van der Waals surface area contributed by atoms with E-state index in [0.29, 0.717) is 28.2 Å². The number of para-hydroxylation sites is 1. The van der Waals surface area contributed by atoms with Crippen LogP contribution in [0.2, 0.25) is 10.0 Å². The molecule has 0 spiro atoms. The number of carbonyl (C=O) groups excluding carboxylic acids is 1. The number of hydrogen-bond acceptors (Lipinski definition) is 3. The molecule has 0 amide bonds. The molecule has 0 heterocycles. The van der Waals surface area contributed by atoms with Gasteiger partial charge in [0.2, 0.25) is 0 Å². The van der Waals surface area contributed by atoms with E-state index in [1.54, 1.807) is 30.3 Å². The minimum absolute atomic E-state index is 0.384. The maximum atomic E-state index is 11.8. The predicted octanol–water partition coefficient (Wildman–Crippen LogP) is 6.19. The SMILES string of the molecule is O=C(/C=C/c1ccc(OCc2ccc(Cl)c(Cl)c2)cc1)Oc1ccccc1. The first-order chi connectivity index (χ1) is 13.1. The van der Waals surface area contributed by atoms with Crippen LogP contribution in [0.25, 0.3) is 6.08 Å². The van der Waals surface area contributed by atoms with Gasteiger partial charge in [-0.05, 0) is 53.6 Å². The molecule has 0 N–H and O–H groups in total. The van der Waals surface area contributed by atoms with E-state index in [2.05, 4.69) is 0 Å². The highest BCUT2D eigenvalue weighted by atomic mass is 35.5. The average Bonchev–Trinajstić information content (AvgIpc) is 2.69. The molecule has 0 fully saturated rings. The van der Waals surface area contributed by atoms with E-state index in [0.717, 1.165) is 11.1 Å². The molecule has 3 nitrogen and oxygen atoms in total. The Labute approximate surface area is 167 Å². The number of carbonyl (C=O) groups is 1. The van der Waals surface area contributed by atoms with Crippen molar-refractivity contribution in [2.45, 2.75) is 6.61 Å². The van der Waals surface area contributed by atoms with Gasteiger partial charge in [0.05, 0.1) is 10.0 Å². The van der Waals surface area contributed by atoms with Crippen LogP contribution in [-0.2, 0) is 11.4 Å². The smallest absolute Gasteiger partial charge is 0.336 e. The van der Waals surface area contributed by atoms with Gasteiger partial charge in [-0.1, -0.05) is 59.6 Å². The quantitative estimate of drug-likeness (QED) is 0.282. The van der Waals surface area contributed by atoms with Gasteiger partial charge in [0, 0.05) is 6.08 Å². The van der Waals surface area contributed by atoms with Crippen molar-refractivity contribution in [1.29, 1.82) is 0 Å². The summed E-state index contributed by atoms with van der Waals surface area (Å²) in [5.41, 5.74) is 1.79. The van der Waals surface area contributed by atoms with Gasteiger partial charge in [-0.2, -0.15) is 0 Å². The van der Waals surface area contributed by atoms with E-state index in [9.17, 15) is 4.79 Å². The van der Waals surface area contributed by atoms with Crippen LogP contribution in [-0.4, -0.2) is 5.97 Å². The van der Waals surface area contributed by atoms with Gasteiger partial charge in [0.1, 0.15) is 18.1 Å². The monoisotopic (exact) mass is 398 g/mol. The Hall–Kier alpha value is -2.75. The van der Waals surface area contributed by atoms with Crippen LogP contribution in [0, 0.1) is 0 Å². The fraction of sp³-hybridized carbons (Fsp3) is 0.0455. The molecule has 0 aliphatic heterocycles. The molecule has 3 rings (SSSR count). The van der Waals surface area contributed by atoms with E-state index in [4.69, 9.17) is 32.7 Å². The second-order valence-electron chi connectivity index (χ2n) is 5.67. The first kappa shape index (κ1) is 19.0. The van der Waals surface area contributed by atoms with E-state index >= 15 is 0 Å². The number of esters is 1. The molecule has 0 atom stereocenters. The van der Waals surface area contributed by atoms with Crippen molar-refractivity contribution in [3.05, 3.63) is 100 Å². The zero-order valence-electron chi connectivity index (χ0n) is 14.3. The Morgan fingerprint density at radius 1 is 0.852 bits per heavy atom. The number of ether oxygens (including phenoxy) is 2. The largest absolute Gasteiger partial charge is 0.489 e. The third-order valence-corrected chi connectivity index (χ3v) is 4.38. The fourth-order valence-corrected chi connectivity index (χ4v) is 2.59. The minimum Gasteiger partial charge on any atom is -0.489 e. The Kier molecular flexibility index (Phi) is 6.53. The molecule has 0 radical (unpaired) electrons. The molecule has 0 saturated heterocycles. The van der Waals surface area contributed by atoms with Crippen LogP contribution in [0.15, 0.2) is 78.9 Å². The van der Waals surface area contributed by atoms with Gasteiger partial charge < -0.3 is 9.47 Å². The van der Waals surface area contributed by atoms with Gasteiger partial charge in [0.15, 0.2) is 0 Å². The maximum absolute atomic E-state index is 11.8. The lowest BCUT2D eigenvalue weighted by molar-refractivity contribution is -0.128. The summed E-state index contributed by atoms with van der Waals surface area (Å²) in [7, 11) is 0. The van der Waals surface area contributed by atoms with E-state index in [-0.39, 0.29) is 0 Å². The molecule has 0 saturated carbocycles. The van der Waals surface area contributed by atoms with Crippen molar-refractivity contribution < 1.29 is 14.3 Å². The Balaban J connectivity index is 1.53. The highest BCUT2D eigenvalue weighted by Crippen LogP contribution is 2.23. The van der Waals surface area contributed by atoms with Crippen LogP contribution >= 0.6 is 23.2 Å². The van der Waals surface area contributed by atoms with Crippen LogP contribution in [0.4, 0.5) is 0 Å². The first-order valence-corrected chi connectivity index (χ1v) is 8.97. The molecule has 0 aliphatic carbocycles. The summed E-state index contributed by atoms with van der Waals surface area (Å²) in [6.45, 7) is 0.384. The lowest BCUT2D eigenvalue weighted by Gasteiger charge is -2.07. The zero-order valence-corrected chi connectivity index (χ0v) is 15.8. The third-order valence-electron chi connectivity index (χ3n) is 3.64. The van der Waals surface area contributed by atoms with Crippen molar-refractivity contribution >= 4 is 35.2 Å². The molecule has 0 bridgehead atoms. The zero-order chi connectivity index (χ0) is 19.1. The Morgan fingerprint density at radius 3 is 2.30 bits per heavy atom. The summed E-state index contributed by atoms with van der Waals surface area (Å²) in [6, 6.07) is 21.7. The average molecular weight is 399 g/mol. The van der Waals surface area contributed by atoms with Gasteiger partial charge in [-0.3, -0.25) is 0 Å². The van der Waals surface area contributed by atoms with E-state index in [1.807, 2.05) is 48.5 Å². The molecule has 0 aromatic heterocycles. The molecule has 3 aromatic carbocycles. The van der Waals surface area contributed by atoms with Crippen molar-refractivity contribution in [1.82, 2.24) is 0 Å². The van der Waals surface area contributed by atoms with E-state index in [1.165, 1.54) is 6.08 Å². The van der Waals surface area contributed by atoms with Gasteiger partial charge in [-0.15, -0.1) is 0 Å². The number of benzene rings is 3. The summed E-state index contributed by atoms with van der Waals surface area (Å²) in [5.74, 6) is 0.796. The summed E-state index contributed by atoms with van der Waals surface area (Å²) < 4.78 is 10.9. The lowest BCUT2D eigenvalue weighted by atomic mass is 10.2. The summed E-state index contributed by atoms with van der Waals surface area (Å²) >= 11 is 11.9. The normalized spacial score (nSPS) is 10.7. The Morgan fingerprint density at radius 2 is 1.59 bits per heavy atom. The predicted molar refractivity (Wildman–Crippen MR) is 108 cm³/mol. The molecule has 136 valence electrons. The lowest BCUT2D eigenvalue weighted by Crippen LogP contribution is -2.03. The molecule has 0 aliphatic rings. The number of halogens is 2. The summed E-state index contributed by atoms with van der Waals surface area (Å²) in [4.78, 5) is 11.8. The minimum atomic E-state index is -0.429. The second kappa shape index (κ2) is 9.26. The molecule has 5 heteroatoms. The summed E-state index contributed by atoms with van der Waals surface area (Å²) in [6.07, 6.45) is 3.08. The Bertz CT molecular complexity index is 936. The van der Waals surface area contributed by atoms with E-state index < -0.39 is 5.97 Å². The van der Waals surface area contributed by atoms with Crippen LogP contribution in [0.5, 0.6) is 11.5 Å². The van der Waals surface area contributed by atoms with Crippen LogP contribution in [0.3, 0.4) is 0 Å². The topological polar surface area (TPSA) is 35.5 Å². The molecular formula is C22H16Cl2O3. The molecule has 27 heavy (non-hydrogen) atoms. The summed E-state index contributed by atoms with van der Waals surface area (Å²) in [5, 5.41) is 1.02. The van der Waals surface area contributed by atoms with Crippen molar-refractivity contribution in [2.75, 3.05) is 0 Å². The highest BCUT2D eigenvalue weighted by Gasteiger charge is 2.02. The van der Waals surface area contributed by atoms with Gasteiger partial charge in [0.25, 0.3) is 0 Å². The van der Waals surface area contributed by atoms with Gasteiger partial charge >= 0.3 is 5.97 Å². The first-order valence-electron chi connectivity index (χ1n) is 8.22. The highest BCUT2D eigenvalue weighted by molar-refractivity contribution is 6.42. The number of hydrogen-bond donors (Lipinski definition) is 0. The van der Waals surface area contributed by atoms with Crippen molar-refractivity contribution in [3.63, 3.8) is 0 Å². The standard InChI is InChI=1S/C22H16Cl2O3/c23-20-12-8-17(14-21(20)24)15-26-18-10-6-16(7-11-18)9-13-22(25)27-19-4-2-1-3-5-19/h1-14H,15H2/b13-9+. The number of rotatable bonds is 6. The second-order valence-corrected chi connectivity index (χ2v) is 6.49. The van der Waals surface area contributed by atoms with Crippen molar-refractivity contribution in [2.24, 2.45) is 0 Å². The molecular weight excluding hydrogens is 383 g/mol. The van der Waals surface area contributed by atoms with Crippen LogP contribution < -0.4 is 9.47 Å². The van der Waals surface area contributed by atoms with Crippen LogP contribution in [0.1, 0.15) is 11.1 Å². The van der Waals surface area contributed by atoms with Gasteiger partial charge in [-0.25, -0.2) is 4.79 Å². The maximum Gasteiger partial charge on any atom is 0.336 e. The fourth-order valence-electron chi connectivity index (χ4n) is 2.27. The third kappa shape index (κ3) is 5.88. The molecule has 3 aromatic rings. The van der Waals surface area contributed by atoms with Crippen molar-refractivity contribution in [3.8, 4) is 11.5 Å². The molecule has 0 unspecified atom stereocenters.